The molecule has 2 heterocycles. The van der Waals surface area contributed by atoms with Crippen molar-refractivity contribution in [2.45, 2.75) is 31.7 Å². The van der Waals surface area contributed by atoms with Crippen LogP contribution >= 0.6 is 19.4 Å². The van der Waals surface area contributed by atoms with Gasteiger partial charge in [0.2, 0.25) is 11.8 Å². The molecule has 2 fully saturated rings. The number of piperazine rings is 1. The van der Waals surface area contributed by atoms with Gasteiger partial charge in [-0.25, -0.2) is 14.8 Å². The number of nitrogens with zero attached hydrogens (tertiary/aromatic N) is 5. The maximum atomic E-state index is 14.2. The maximum absolute atomic E-state index is 14.2. The topological polar surface area (TPSA) is 152 Å². The van der Waals surface area contributed by atoms with E-state index in [0.29, 0.717) is 10.6 Å². The number of hydrazine groups is 1. The first-order chi connectivity index (χ1) is 21.8. The van der Waals surface area contributed by atoms with Crippen molar-refractivity contribution >= 4 is 43.0 Å². The maximum Gasteiger partial charge on any atom is 1.00 e. The fourth-order valence-corrected chi connectivity index (χ4v) is 6.43. The molecule has 4 amide bonds. The number of amides is 4. The van der Waals surface area contributed by atoms with Gasteiger partial charge in [0.05, 0.1) is 23.8 Å². The van der Waals surface area contributed by atoms with E-state index in [1.807, 2.05) is 61.5 Å². The molecule has 3 aromatic rings. The molecule has 0 unspecified atom stereocenters. The predicted octanol–water partition coefficient (Wildman–Crippen LogP) is -4.20. The number of urea groups is 1. The van der Waals surface area contributed by atoms with E-state index in [1.165, 1.54) is 34.2 Å². The number of phosphoric acid groups is 1. The second kappa shape index (κ2) is 17.2. The zero-order valence-electron chi connectivity index (χ0n) is 27.5. The normalized spacial score (nSPS) is 18.0. The van der Waals surface area contributed by atoms with Gasteiger partial charge in [0.15, 0.2) is 0 Å². The summed E-state index contributed by atoms with van der Waals surface area (Å²) in [5, 5.41) is 6.52. The van der Waals surface area contributed by atoms with Crippen LogP contribution in [-0.4, -0.2) is 84.1 Å². The molecule has 2 saturated heterocycles. The van der Waals surface area contributed by atoms with Crippen molar-refractivity contribution in [3.05, 3.63) is 94.5 Å². The van der Waals surface area contributed by atoms with Crippen molar-refractivity contribution in [1.29, 1.82) is 0 Å². The summed E-state index contributed by atoms with van der Waals surface area (Å²) in [7, 11) is 0.130. The third-order valence-corrected chi connectivity index (χ3v) is 8.62. The summed E-state index contributed by atoms with van der Waals surface area (Å²) >= 11 is 6.39. The molecule has 2 aliphatic heterocycles. The molecule has 0 saturated carbocycles. The summed E-state index contributed by atoms with van der Waals surface area (Å²) in [5.41, 5.74) is 3.08. The first-order valence-corrected chi connectivity index (χ1v) is 16.3. The van der Waals surface area contributed by atoms with Gasteiger partial charge in [-0.1, -0.05) is 60.1 Å². The molecule has 3 aromatic carbocycles. The number of benzene rings is 3. The Morgan fingerprint density at radius 3 is 2.27 bits per heavy atom. The van der Waals surface area contributed by atoms with Crippen LogP contribution in [0.25, 0.3) is 0 Å². The van der Waals surface area contributed by atoms with Gasteiger partial charge in [-0.15, -0.1) is 0 Å². The van der Waals surface area contributed by atoms with Crippen molar-refractivity contribution in [3.8, 4) is 5.75 Å². The Morgan fingerprint density at radius 2 is 1.65 bits per heavy atom. The van der Waals surface area contributed by atoms with Crippen LogP contribution in [-0.2, 0) is 33.7 Å². The third-order valence-electron chi connectivity index (χ3n) is 7.87. The minimum Gasteiger partial charge on any atom is -0.780 e. The molecule has 5 rings (SSSR count). The average Bonchev–Trinajstić information content (AvgIpc) is 2.99. The van der Waals surface area contributed by atoms with Gasteiger partial charge in [-0.2, -0.15) is 0 Å². The second-order valence-electron chi connectivity index (χ2n) is 11.4. The molecule has 1 N–H and O–H groups in total. The number of anilines is 1. The molecule has 2 atom stereocenters. The average molecular weight is 715 g/mol. The molecule has 0 aliphatic carbocycles. The largest absolute Gasteiger partial charge is 1.00 e. The summed E-state index contributed by atoms with van der Waals surface area (Å²) in [5.74, 6) is -0.801. The standard InChI is InChI=1S/C31H36ClN6O7P.2Na/c1-34(2)26-16-23(11-14-25(26)32)18-36-19-28-37(27(30(36)40)15-21-9-12-24(13-10-21)45-46(42,43)44)29(39)20-35(3)38(28)31(41)33-17-22-7-5-4-6-8-22;;/h4-14,16,27-28H,15,17-20H2,1-3H3,(H,33,41)(H2,42,43,44);;/q;2*+1/p-2/t27-,28-;;/m0../s1. The van der Waals surface area contributed by atoms with E-state index in [-0.39, 0.29) is 109 Å². The monoisotopic (exact) mass is 714 g/mol. The number of likely N-dealkylation sites (N-methyl/N-ethyl adjacent to an activating group) is 1. The van der Waals surface area contributed by atoms with Crippen LogP contribution in [0.5, 0.6) is 5.75 Å². The van der Waals surface area contributed by atoms with E-state index in [9.17, 15) is 28.7 Å². The summed E-state index contributed by atoms with van der Waals surface area (Å²) < 4.78 is 15.5. The van der Waals surface area contributed by atoms with E-state index in [0.717, 1.165) is 16.8 Å². The van der Waals surface area contributed by atoms with Crippen LogP contribution in [0.1, 0.15) is 16.7 Å². The minimum atomic E-state index is -5.25. The Bertz CT molecular complexity index is 1650. The SMILES string of the molecule is CN(C)c1cc(CN2C[C@H]3N(C(=O)CN(C)N3C(=O)NCc3ccccc3)[C@@H](Cc3ccc(OP(=O)([O-])[O-])cc3)C2=O)ccc1Cl.[Na+].[Na+]. The Morgan fingerprint density at radius 1 is 1.00 bits per heavy atom. The third kappa shape index (κ3) is 9.76. The number of fused-ring (bicyclic) bond motifs is 1. The van der Waals surface area contributed by atoms with E-state index < -0.39 is 26.1 Å². The van der Waals surface area contributed by atoms with Crippen LogP contribution in [0.2, 0.25) is 5.02 Å². The quantitative estimate of drug-likeness (QED) is 0.172. The van der Waals surface area contributed by atoms with Gasteiger partial charge in [0.25, 0.3) is 0 Å². The van der Waals surface area contributed by atoms with E-state index in [1.54, 1.807) is 23.0 Å². The summed E-state index contributed by atoms with van der Waals surface area (Å²) in [4.78, 5) is 68.5. The molecule has 2 aliphatic rings. The van der Waals surface area contributed by atoms with Gasteiger partial charge in [0.1, 0.15) is 25.8 Å². The minimum absolute atomic E-state index is 0. The molecule has 244 valence electrons. The van der Waals surface area contributed by atoms with Crippen LogP contribution < -0.4 is 83.6 Å². The smallest absolute Gasteiger partial charge is 0.780 e. The van der Waals surface area contributed by atoms with Crippen molar-refractivity contribution < 1.29 is 92.4 Å². The van der Waals surface area contributed by atoms with Gasteiger partial charge in [-0.3, -0.25) is 9.59 Å². The summed E-state index contributed by atoms with van der Waals surface area (Å²) in [6.45, 7) is 0.393. The van der Waals surface area contributed by atoms with Gasteiger partial charge >= 0.3 is 65.1 Å². The summed E-state index contributed by atoms with van der Waals surface area (Å²) in [6, 6.07) is 19.2. The Labute approximate surface area is 328 Å². The number of rotatable bonds is 9. The van der Waals surface area contributed by atoms with Crippen molar-refractivity contribution in [1.82, 2.24) is 25.1 Å². The molecule has 13 nitrogen and oxygen atoms in total. The molecule has 48 heavy (non-hydrogen) atoms. The fraction of sp³-hybridized carbons (Fsp3) is 0.323. The predicted molar refractivity (Wildman–Crippen MR) is 167 cm³/mol. The Hall–Kier alpha value is -2.13. The van der Waals surface area contributed by atoms with Crippen molar-refractivity contribution in [2.75, 3.05) is 39.1 Å². The molecular formula is C31H34ClN6Na2O7P. The van der Waals surface area contributed by atoms with Crippen LogP contribution in [0.3, 0.4) is 0 Å². The first kappa shape index (κ1) is 40.3. The second-order valence-corrected chi connectivity index (χ2v) is 12.9. The van der Waals surface area contributed by atoms with E-state index in [2.05, 4.69) is 9.84 Å². The number of phosphoric ester groups is 1. The first-order valence-electron chi connectivity index (χ1n) is 14.5. The molecule has 17 heteroatoms. The number of halogens is 1. The Kier molecular flexibility index (Phi) is 14.4. The number of hydrogen-bond acceptors (Lipinski definition) is 9. The molecular weight excluding hydrogens is 681 g/mol. The Balaban J connectivity index is 0.00000312. The van der Waals surface area contributed by atoms with Crippen LogP contribution in [0.15, 0.2) is 72.8 Å². The number of nitrogens with one attached hydrogen (secondary N) is 1. The zero-order valence-corrected chi connectivity index (χ0v) is 33.2. The molecule has 0 bridgehead atoms. The fourth-order valence-electron chi connectivity index (χ4n) is 5.76. The van der Waals surface area contributed by atoms with Gasteiger partial charge in [-0.05, 0) is 41.0 Å². The van der Waals surface area contributed by atoms with Gasteiger partial charge < -0.3 is 38.9 Å². The van der Waals surface area contributed by atoms with Crippen LogP contribution in [0, 0.1) is 0 Å². The molecule has 0 spiro atoms. The van der Waals surface area contributed by atoms with Crippen LogP contribution in [0.4, 0.5) is 10.5 Å². The molecule has 0 radical (unpaired) electrons. The van der Waals surface area contributed by atoms with Gasteiger partial charge in [0, 0.05) is 40.7 Å². The summed E-state index contributed by atoms with van der Waals surface area (Å²) in [6.07, 6.45) is -0.753. The number of carbonyl (C=O) groups is 3. The zero-order chi connectivity index (χ0) is 33.2. The van der Waals surface area contributed by atoms with Crippen molar-refractivity contribution in [2.24, 2.45) is 0 Å². The number of carbonyl (C=O) groups excluding carboxylic acids is 3. The van der Waals surface area contributed by atoms with E-state index in [4.69, 9.17) is 11.6 Å². The number of hydrogen-bond donors (Lipinski definition) is 1. The van der Waals surface area contributed by atoms with E-state index >= 15 is 0 Å². The molecule has 0 aromatic heterocycles. The van der Waals surface area contributed by atoms with Crippen molar-refractivity contribution in [3.63, 3.8) is 0 Å².